The normalized spacial score (nSPS) is 14.3. The quantitative estimate of drug-likeness (QED) is 0.277. The average molecular weight is 531 g/mol. The van der Waals surface area contributed by atoms with Gasteiger partial charge in [-0.25, -0.2) is 4.39 Å². The third-order valence-electron chi connectivity index (χ3n) is 6.34. The molecule has 4 rings (SSSR count). The number of aliphatic hydroxyl groups is 1. The highest BCUT2D eigenvalue weighted by molar-refractivity contribution is 6.47. The highest BCUT2D eigenvalue weighted by Crippen LogP contribution is 2.25. The van der Waals surface area contributed by atoms with Gasteiger partial charge in [0.1, 0.15) is 11.5 Å². The van der Waals surface area contributed by atoms with Crippen LogP contribution in [0.1, 0.15) is 23.2 Å². The number of halogens is 1. The summed E-state index contributed by atoms with van der Waals surface area (Å²) in [5.41, 5.74) is 8.68. The van der Waals surface area contributed by atoms with Crippen LogP contribution in [0, 0.1) is 5.82 Å². The summed E-state index contributed by atoms with van der Waals surface area (Å²) < 4.78 is 14.8. The molecule has 0 aromatic heterocycles. The number of anilines is 5. The molecule has 1 aliphatic rings. The average Bonchev–Trinajstić information content (AvgIpc) is 2.94. The van der Waals surface area contributed by atoms with Crippen molar-refractivity contribution in [2.45, 2.75) is 18.9 Å². The Morgan fingerprint density at radius 1 is 0.974 bits per heavy atom. The second-order valence-electron chi connectivity index (χ2n) is 9.04. The number of rotatable bonds is 8. The molecule has 0 radical (unpaired) electrons. The minimum atomic E-state index is -0.537. The molecule has 1 fully saturated rings. The Balaban J connectivity index is 1.33. The van der Waals surface area contributed by atoms with E-state index in [1.165, 1.54) is 31.5 Å². The number of nitrogens with zero attached hydrogens (tertiary/aromatic N) is 2. The van der Waals surface area contributed by atoms with Crippen LogP contribution in [-0.4, -0.2) is 48.9 Å². The van der Waals surface area contributed by atoms with Gasteiger partial charge in [-0.3, -0.25) is 14.6 Å². The largest absolute Gasteiger partial charge is 0.405 e. The molecule has 6 N–H and O–H groups in total. The summed E-state index contributed by atoms with van der Waals surface area (Å²) in [7, 11) is 1.49. The fourth-order valence-electron chi connectivity index (χ4n) is 4.18. The molecule has 10 heteroatoms. The number of aliphatic hydroxyl groups excluding tert-OH is 1. The summed E-state index contributed by atoms with van der Waals surface area (Å²) in [6.07, 6.45) is 3.85. The molecule has 9 nitrogen and oxygen atoms in total. The molecule has 1 saturated heterocycles. The smallest absolute Gasteiger partial charge is 0.273 e. The predicted molar refractivity (Wildman–Crippen MR) is 153 cm³/mol. The summed E-state index contributed by atoms with van der Waals surface area (Å²) >= 11 is 0. The Morgan fingerprint density at radius 2 is 1.62 bits per heavy atom. The van der Waals surface area contributed by atoms with Crippen molar-refractivity contribution in [3.63, 3.8) is 0 Å². The number of benzene rings is 3. The number of carbonyl (C=O) groups excluding carboxylic acids is 2. The Hall–Kier alpha value is -4.70. The Labute approximate surface area is 226 Å². The number of nitrogens with one attached hydrogen (secondary N) is 3. The van der Waals surface area contributed by atoms with E-state index in [0.717, 1.165) is 31.6 Å². The predicted octanol–water partition coefficient (Wildman–Crippen LogP) is 4.26. The monoisotopic (exact) mass is 530 g/mol. The van der Waals surface area contributed by atoms with Crippen molar-refractivity contribution in [3.8, 4) is 0 Å². The number of nitrogens with two attached hydrogens (primary N) is 1. The van der Waals surface area contributed by atoms with E-state index in [1.807, 2.05) is 12.1 Å². The highest BCUT2D eigenvalue weighted by atomic mass is 19.1. The lowest BCUT2D eigenvalue weighted by Gasteiger charge is -2.31. The van der Waals surface area contributed by atoms with Crippen LogP contribution >= 0.6 is 0 Å². The zero-order valence-corrected chi connectivity index (χ0v) is 21.5. The van der Waals surface area contributed by atoms with E-state index in [0.29, 0.717) is 22.6 Å². The molecular weight excluding hydrogens is 499 g/mol. The van der Waals surface area contributed by atoms with Crippen LogP contribution in [0.25, 0.3) is 0 Å². The molecule has 0 atom stereocenters. The second kappa shape index (κ2) is 12.7. The first-order valence-electron chi connectivity index (χ1n) is 12.5. The van der Waals surface area contributed by atoms with Crippen LogP contribution < -0.4 is 26.6 Å². The van der Waals surface area contributed by atoms with Crippen molar-refractivity contribution in [1.82, 2.24) is 0 Å². The van der Waals surface area contributed by atoms with E-state index >= 15 is 0 Å². The molecule has 0 aliphatic carbocycles. The number of amides is 2. The Bertz CT molecular complexity index is 1360. The second-order valence-corrected chi connectivity index (χ2v) is 9.04. The number of carbonyl (C=O) groups is 2. The number of piperidine rings is 1. The van der Waals surface area contributed by atoms with Gasteiger partial charge in [0.15, 0.2) is 0 Å². The van der Waals surface area contributed by atoms with Gasteiger partial charge in [0.05, 0.1) is 11.8 Å². The maximum Gasteiger partial charge on any atom is 0.273 e. The van der Waals surface area contributed by atoms with Crippen LogP contribution in [0.2, 0.25) is 0 Å². The lowest BCUT2D eigenvalue weighted by molar-refractivity contribution is -0.110. The molecule has 1 aliphatic heterocycles. The zero-order chi connectivity index (χ0) is 27.8. The van der Waals surface area contributed by atoms with Crippen LogP contribution in [0.15, 0.2) is 84.0 Å². The lowest BCUT2D eigenvalue weighted by atomic mass is 10.1. The van der Waals surface area contributed by atoms with Gasteiger partial charge in [-0.2, -0.15) is 0 Å². The summed E-state index contributed by atoms with van der Waals surface area (Å²) in [6, 6.07) is 18.4. The van der Waals surface area contributed by atoms with E-state index in [1.54, 1.807) is 42.5 Å². The van der Waals surface area contributed by atoms with Crippen molar-refractivity contribution in [3.05, 3.63) is 90.4 Å². The zero-order valence-electron chi connectivity index (χ0n) is 21.5. The van der Waals surface area contributed by atoms with Gasteiger partial charge >= 0.3 is 0 Å². The fourth-order valence-corrected chi connectivity index (χ4v) is 4.18. The first kappa shape index (κ1) is 27.3. The molecule has 3 aromatic carbocycles. The molecule has 0 bridgehead atoms. The first-order chi connectivity index (χ1) is 18.9. The third kappa shape index (κ3) is 7.20. The molecule has 2 amide bonds. The Morgan fingerprint density at radius 3 is 2.23 bits per heavy atom. The van der Waals surface area contributed by atoms with Crippen molar-refractivity contribution in [2.75, 3.05) is 41.0 Å². The highest BCUT2D eigenvalue weighted by Gasteiger charge is 2.18. The van der Waals surface area contributed by atoms with E-state index in [2.05, 4.69) is 25.8 Å². The fraction of sp³-hybridized carbons (Fsp3) is 0.207. The minimum absolute atomic E-state index is 0.185. The van der Waals surface area contributed by atoms with Gasteiger partial charge < -0.3 is 31.7 Å². The van der Waals surface area contributed by atoms with Crippen molar-refractivity contribution in [1.29, 1.82) is 0 Å². The first-order valence-corrected chi connectivity index (χ1v) is 12.5. The number of hydrogen-bond acceptors (Lipinski definition) is 7. The van der Waals surface area contributed by atoms with Crippen molar-refractivity contribution >= 4 is 46.0 Å². The van der Waals surface area contributed by atoms with E-state index in [4.69, 9.17) is 5.73 Å². The van der Waals surface area contributed by atoms with Gasteiger partial charge in [-0.05, 0) is 91.8 Å². The summed E-state index contributed by atoms with van der Waals surface area (Å²) in [6.45, 7) is 1.55. The lowest BCUT2D eigenvalue weighted by Crippen LogP contribution is -2.35. The number of hydrogen-bond donors (Lipinski definition) is 5. The van der Waals surface area contributed by atoms with Crippen LogP contribution in [0.3, 0.4) is 0 Å². The summed E-state index contributed by atoms with van der Waals surface area (Å²) in [5.74, 6) is -1.28. The molecule has 0 spiro atoms. The van der Waals surface area contributed by atoms with Gasteiger partial charge in [0.2, 0.25) is 0 Å². The topological polar surface area (TPSA) is 132 Å². The van der Waals surface area contributed by atoms with Gasteiger partial charge in [-0.1, -0.05) is 0 Å². The SMILES string of the molecule is CN=C(C=CN)C(=O)Nc1ccc(Nc2ccc(NC(=O)c3ccc(N4CCC(O)CC4)cc3)cc2F)cc1. The van der Waals surface area contributed by atoms with Gasteiger partial charge in [0, 0.05) is 48.5 Å². The molecular formula is C29H31FN6O3. The molecule has 202 valence electrons. The van der Waals surface area contributed by atoms with Gasteiger partial charge in [0.25, 0.3) is 11.8 Å². The molecule has 0 saturated carbocycles. The van der Waals surface area contributed by atoms with Crippen LogP contribution in [-0.2, 0) is 4.79 Å². The number of aliphatic imine (C=N–C) groups is 1. The minimum Gasteiger partial charge on any atom is -0.405 e. The van der Waals surface area contributed by atoms with Crippen LogP contribution in [0.5, 0.6) is 0 Å². The third-order valence-corrected chi connectivity index (χ3v) is 6.34. The van der Waals surface area contributed by atoms with E-state index in [9.17, 15) is 19.1 Å². The van der Waals surface area contributed by atoms with Crippen molar-refractivity contribution < 1.29 is 19.1 Å². The maximum absolute atomic E-state index is 14.8. The van der Waals surface area contributed by atoms with Crippen molar-refractivity contribution in [2.24, 2.45) is 10.7 Å². The Kier molecular flexibility index (Phi) is 8.90. The molecule has 1 heterocycles. The summed E-state index contributed by atoms with van der Waals surface area (Å²) in [4.78, 5) is 30.9. The van der Waals surface area contributed by atoms with E-state index in [-0.39, 0.29) is 23.4 Å². The molecule has 3 aromatic rings. The summed E-state index contributed by atoms with van der Waals surface area (Å²) in [5, 5.41) is 18.1. The molecule has 39 heavy (non-hydrogen) atoms. The molecule has 0 unspecified atom stereocenters. The van der Waals surface area contributed by atoms with E-state index < -0.39 is 11.7 Å². The maximum atomic E-state index is 14.8. The van der Waals surface area contributed by atoms with Gasteiger partial charge in [-0.15, -0.1) is 0 Å². The van der Waals surface area contributed by atoms with Crippen LogP contribution in [0.4, 0.5) is 32.8 Å². The standard InChI is InChI=1S/C29H31FN6O3/c1-32-27(12-15-31)29(39)34-21-6-4-20(5-7-21)33-26-11-8-22(18-25(26)30)35-28(38)19-2-9-23(10-3-19)36-16-13-24(37)14-17-36/h2-12,15,18,24,33,37H,13-14,16-17,31H2,1H3,(H,34,39)(H,35,38).